The first-order chi connectivity index (χ1) is 7.69. The van der Waals surface area contributed by atoms with Gasteiger partial charge in [-0.15, -0.1) is 0 Å². The third-order valence-corrected chi connectivity index (χ3v) is 2.18. The van der Waals surface area contributed by atoms with Crippen LogP contribution >= 0.6 is 0 Å². The van der Waals surface area contributed by atoms with Crippen LogP contribution in [0.25, 0.3) is 0 Å². The fraction of sp³-hybridized carbons (Fsp3) is 0.364. The highest BCUT2D eigenvalue weighted by Gasteiger charge is 2.19. The monoisotopic (exact) mass is 225 g/mol. The second-order valence-corrected chi connectivity index (χ2v) is 2.96. The van der Waals surface area contributed by atoms with Gasteiger partial charge in [0.15, 0.2) is 11.5 Å². The molecule has 1 aromatic rings. The molecule has 1 amide bonds. The quantitative estimate of drug-likeness (QED) is 0.832. The minimum Gasteiger partial charge on any atom is -0.493 e. The maximum absolute atomic E-state index is 11.6. The summed E-state index contributed by atoms with van der Waals surface area (Å²) in [6, 6.07) is 3.28. The third-order valence-electron chi connectivity index (χ3n) is 2.18. The fourth-order valence-electron chi connectivity index (χ4n) is 1.41. The maximum Gasteiger partial charge on any atom is 0.254 e. The van der Waals surface area contributed by atoms with E-state index in [0.717, 1.165) is 0 Å². The maximum atomic E-state index is 11.6. The number of rotatable bonds is 4. The summed E-state index contributed by atoms with van der Waals surface area (Å²) in [6.45, 7) is 0. The minimum atomic E-state index is -0.238. The molecule has 0 bridgehead atoms. The van der Waals surface area contributed by atoms with E-state index in [1.165, 1.54) is 21.3 Å². The molecule has 0 saturated carbocycles. The molecule has 0 aliphatic heterocycles. The predicted molar refractivity (Wildman–Crippen MR) is 59.5 cm³/mol. The van der Waals surface area contributed by atoms with Crippen LogP contribution in [0, 0.1) is 0 Å². The van der Waals surface area contributed by atoms with Gasteiger partial charge in [0, 0.05) is 7.05 Å². The van der Waals surface area contributed by atoms with Crippen molar-refractivity contribution in [1.29, 1.82) is 0 Å². The second-order valence-electron chi connectivity index (χ2n) is 2.96. The number of methoxy groups -OCH3 is 3. The molecule has 5 heteroatoms. The van der Waals surface area contributed by atoms with Crippen molar-refractivity contribution in [2.45, 2.75) is 0 Å². The number of amides is 1. The molecule has 16 heavy (non-hydrogen) atoms. The fourth-order valence-corrected chi connectivity index (χ4v) is 1.41. The minimum absolute atomic E-state index is 0.238. The van der Waals surface area contributed by atoms with Crippen molar-refractivity contribution in [3.05, 3.63) is 17.7 Å². The topological polar surface area (TPSA) is 56.8 Å². The average molecular weight is 225 g/mol. The lowest BCUT2D eigenvalue weighted by atomic mass is 10.1. The Morgan fingerprint density at radius 3 is 2.12 bits per heavy atom. The molecule has 0 heterocycles. The Labute approximate surface area is 94.3 Å². The number of hydrogen-bond acceptors (Lipinski definition) is 4. The Hall–Kier alpha value is -1.91. The lowest BCUT2D eigenvalue weighted by Crippen LogP contribution is -2.19. The summed E-state index contributed by atoms with van der Waals surface area (Å²) in [5, 5.41) is 2.53. The van der Waals surface area contributed by atoms with Crippen LogP contribution in [-0.4, -0.2) is 34.3 Å². The molecule has 0 atom stereocenters. The van der Waals surface area contributed by atoms with Gasteiger partial charge in [-0.05, 0) is 12.1 Å². The van der Waals surface area contributed by atoms with Crippen molar-refractivity contribution in [3.63, 3.8) is 0 Å². The predicted octanol–water partition coefficient (Wildman–Crippen LogP) is 1.07. The van der Waals surface area contributed by atoms with Crippen LogP contribution in [-0.2, 0) is 0 Å². The Morgan fingerprint density at radius 2 is 1.69 bits per heavy atom. The molecule has 0 spiro atoms. The molecular formula is C11H15NO4. The number of ether oxygens (including phenoxy) is 3. The summed E-state index contributed by atoms with van der Waals surface area (Å²) in [5.74, 6) is 1.05. The van der Waals surface area contributed by atoms with E-state index in [4.69, 9.17) is 14.2 Å². The molecule has 0 radical (unpaired) electrons. The van der Waals surface area contributed by atoms with E-state index in [-0.39, 0.29) is 5.91 Å². The molecular weight excluding hydrogens is 210 g/mol. The molecule has 0 aliphatic carbocycles. The van der Waals surface area contributed by atoms with Crippen LogP contribution in [0.15, 0.2) is 12.1 Å². The highest BCUT2D eigenvalue weighted by Crippen LogP contribution is 2.39. The molecule has 0 fully saturated rings. The average Bonchev–Trinajstić information content (AvgIpc) is 2.35. The first-order valence-corrected chi connectivity index (χ1v) is 4.70. The van der Waals surface area contributed by atoms with E-state index in [1.54, 1.807) is 19.2 Å². The van der Waals surface area contributed by atoms with Crippen molar-refractivity contribution in [1.82, 2.24) is 5.32 Å². The van der Waals surface area contributed by atoms with Crippen molar-refractivity contribution >= 4 is 5.91 Å². The van der Waals surface area contributed by atoms with Gasteiger partial charge in [0.25, 0.3) is 5.91 Å². The van der Waals surface area contributed by atoms with Gasteiger partial charge < -0.3 is 19.5 Å². The Kier molecular flexibility index (Phi) is 3.99. The summed E-state index contributed by atoms with van der Waals surface area (Å²) >= 11 is 0. The first-order valence-electron chi connectivity index (χ1n) is 4.70. The highest BCUT2D eigenvalue weighted by atomic mass is 16.5. The first kappa shape index (κ1) is 12.2. The molecule has 0 aliphatic rings. The van der Waals surface area contributed by atoms with Gasteiger partial charge in [0.05, 0.1) is 26.9 Å². The van der Waals surface area contributed by atoms with Crippen LogP contribution < -0.4 is 19.5 Å². The van der Waals surface area contributed by atoms with Crippen LogP contribution in [0.4, 0.5) is 0 Å². The lowest BCUT2D eigenvalue weighted by Gasteiger charge is -2.14. The SMILES string of the molecule is CNC(=O)c1ccc(OC)c(OC)c1OC. The van der Waals surface area contributed by atoms with Crippen LogP contribution in [0.1, 0.15) is 10.4 Å². The van der Waals surface area contributed by atoms with Crippen molar-refractivity contribution in [2.24, 2.45) is 0 Å². The van der Waals surface area contributed by atoms with E-state index in [0.29, 0.717) is 22.8 Å². The van der Waals surface area contributed by atoms with Gasteiger partial charge >= 0.3 is 0 Å². The standard InChI is InChI=1S/C11H15NO4/c1-12-11(13)7-5-6-8(14-2)10(16-4)9(7)15-3/h5-6H,1-4H3,(H,12,13). The Morgan fingerprint density at radius 1 is 1.06 bits per heavy atom. The van der Waals surface area contributed by atoms with Crippen molar-refractivity contribution in [3.8, 4) is 17.2 Å². The third kappa shape index (κ3) is 2.03. The number of nitrogens with one attached hydrogen (secondary N) is 1. The van der Waals surface area contributed by atoms with E-state index in [1.807, 2.05) is 0 Å². The molecule has 88 valence electrons. The molecule has 5 nitrogen and oxygen atoms in total. The molecule has 0 aromatic heterocycles. The largest absolute Gasteiger partial charge is 0.493 e. The Balaban J connectivity index is 3.37. The van der Waals surface area contributed by atoms with Crippen LogP contribution in [0.5, 0.6) is 17.2 Å². The second kappa shape index (κ2) is 5.25. The van der Waals surface area contributed by atoms with E-state index >= 15 is 0 Å². The normalized spacial score (nSPS) is 9.50. The van der Waals surface area contributed by atoms with E-state index in [9.17, 15) is 4.79 Å². The zero-order chi connectivity index (χ0) is 12.1. The molecule has 1 aromatic carbocycles. The Bertz CT molecular complexity index is 390. The summed E-state index contributed by atoms with van der Waals surface area (Å²) in [4.78, 5) is 11.6. The smallest absolute Gasteiger partial charge is 0.254 e. The molecule has 0 saturated heterocycles. The van der Waals surface area contributed by atoms with Crippen molar-refractivity contribution in [2.75, 3.05) is 28.4 Å². The van der Waals surface area contributed by atoms with Gasteiger partial charge in [-0.25, -0.2) is 0 Å². The number of benzene rings is 1. The number of carbonyl (C=O) groups is 1. The van der Waals surface area contributed by atoms with Gasteiger partial charge in [-0.1, -0.05) is 0 Å². The zero-order valence-electron chi connectivity index (χ0n) is 9.79. The summed E-state index contributed by atoms with van der Waals surface area (Å²) in [5.41, 5.74) is 0.405. The van der Waals surface area contributed by atoms with Gasteiger partial charge in [-0.3, -0.25) is 4.79 Å². The van der Waals surface area contributed by atoms with Crippen LogP contribution in [0.2, 0.25) is 0 Å². The summed E-state index contributed by atoms with van der Waals surface area (Å²) in [6.07, 6.45) is 0. The van der Waals surface area contributed by atoms with Crippen molar-refractivity contribution < 1.29 is 19.0 Å². The van der Waals surface area contributed by atoms with E-state index in [2.05, 4.69) is 5.32 Å². The van der Waals surface area contributed by atoms with E-state index < -0.39 is 0 Å². The number of hydrogen-bond donors (Lipinski definition) is 1. The van der Waals surface area contributed by atoms with Gasteiger partial charge in [0.2, 0.25) is 5.75 Å². The summed E-state index contributed by atoms with van der Waals surface area (Å²) in [7, 11) is 6.05. The molecule has 0 unspecified atom stereocenters. The van der Waals surface area contributed by atoms with Gasteiger partial charge in [-0.2, -0.15) is 0 Å². The highest BCUT2D eigenvalue weighted by molar-refractivity contribution is 5.98. The number of carbonyl (C=O) groups excluding carboxylic acids is 1. The molecule has 1 N–H and O–H groups in total. The summed E-state index contributed by atoms with van der Waals surface area (Å²) < 4.78 is 15.4. The lowest BCUT2D eigenvalue weighted by molar-refractivity contribution is 0.0959. The van der Waals surface area contributed by atoms with Gasteiger partial charge in [0.1, 0.15) is 0 Å². The zero-order valence-corrected chi connectivity index (χ0v) is 9.79. The van der Waals surface area contributed by atoms with Crippen LogP contribution in [0.3, 0.4) is 0 Å². The molecule has 1 rings (SSSR count).